The number of aryl methyl sites for hydroxylation is 1. The summed E-state index contributed by atoms with van der Waals surface area (Å²) in [4.78, 5) is 14.5. The third-order valence-corrected chi connectivity index (χ3v) is 5.17. The van der Waals surface area contributed by atoms with Crippen molar-refractivity contribution in [3.05, 3.63) is 29.8 Å². The fourth-order valence-corrected chi connectivity index (χ4v) is 3.71. The summed E-state index contributed by atoms with van der Waals surface area (Å²) in [6.07, 6.45) is 3.18. The van der Waals surface area contributed by atoms with E-state index >= 15 is 0 Å². The standard InChI is InChI=1S/C19H27NO4/c1-2-14-5-7-15(8-6-14)24-13-19(22)20-10-3-4-17(20)16-12-23-11-9-18(16)21/h5-8,16-18,21H,2-4,9-13H2,1H3. The minimum atomic E-state index is -0.375. The molecule has 24 heavy (non-hydrogen) atoms. The Morgan fingerprint density at radius 3 is 2.83 bits per heavy atom. The lowest BCUT2D eigenvalue weighted by Crippen LogP contribution is -2.49. The third-order valence-electron chi connectivity index (χ3n) is 5.17. The van der Waals surface area contributed by atoms with Gasteiger partial charge >= 0.3 is 0 Å². The number of aliphatic hydroxyl groups excluding tert-OH is 1. The van der Waals surface area contributed by atoms with Crippen LogP contribution in [-0.2, 0) is 16.0 Å². The summed E-state index contributed by atoms with van der Waals surface area (Å²) < 4.78 is 11.2. The molecule has 5 heteroatoms. The molecule has 2 saturated heterocycles. The number of carbonyl (C=O) groups excluding carboxylic acids is 1. The quantitative estimate of drug-likeness (QED) is 0.895. The Kier molecular flexibility index (Phi) is 5.74. The lowest BCUT2D eigenvalue weighted by Gasteiger charge is -2.36. The molecule has 1 N–H and O–H groups in total. The first-order valence-corrected chi connectivity index (χ1v) is 8.96. The summed E-state index contributed by atoms with van der Waals surface area (Å²) in [5.74, 6) is 0.737. The second kappa shape index (κ2) is 7.99. The van der Waals surface area contributed by atoms with E-state index in [0.29, 0.717) is 19.6 Å². The van der Waals surface area contributed by atoms with Crippen LogP contribution in [0.5, 0.6) is 5.75 Å². The van der Waals surface area contributed by atoms with Crippen molar-refractivity contribution >= 4 is 5.91 Å². The first-order valence-electron chi connectivity index (χ1n) is 8.96. The Hall–Kier alpha value is -1.59. The summed E-state index contributed by atoms with van der Waals surface area (Å²) in [6.45, 7) is 4.04. The molecule has 0 spiro atoms. The van der Waals surface area contributed by atoms with E-state index in [9.17, 15) is 9.90 Å². The lowest BCUT2D eigenvalue weighted by atomic mass is 9.89. The monoisotopic (exact) mass is 333 g/mol. The topological polar surface area (TPSA) is 59.0 Å². The van der Waals surface area contributed by atoms with Crippen LogP contribution in [0.4, 0.5) is 0 Å². The molecule has 2 aliphatic rings. The number of hydrogen-bond acceptors (Lipinski definition) is 4. The number of likely N-dealkylation sites (tertiary alicyclic amines) is 1. The molecule has 2 aliphatic heterocycles. The van der Waals surface area contributed by atoms with Gasteiger partial charge in [0.05, 0.1) is 12.7 Å². The lowest BCUT2D eigenvalue weighted by molar-refractivity contribution is -0.138. The van der Waals surface area contributed by atoms with Crippen molar-refractivity contribution in [3.8, 4) is 5.75 Å². The van der Waals surface area contributed by atoms with E-state index in [4.69, 9.17) is 9.47 Å². The van der Waals surface area contributed by atoms with Gasteiger partial charge in [-0.2, -0.15) is 0 Å². The van der Waals surface area contributed by atoms with E-state index < -0.39 is 0 Å². The zero-order valence-corrected chi connectivity index (χ0v) is 14.3. The highest BCUT2D eigenvalue weighted by molar-refractivity contribution is 5.78. The first kappa shape index (κ1) is 17.2. The Bertz CT molecular complexity index is 545. The number of carbonyl (C=O) groups is 1. The molecule has 0 radical (unpaired) electrons. The van der Waals surface area contributed by atoms with Crippen molar-refractivity contribution in [1.29, 1.82) is 0 Å². The van der Waals surface area contributed by atoms with E-state index in [1.165, 1.54) is 5.56 Å². The van der Waals surface area contributed by atoms with Crippen LogP contribution in [0.1, 0.15) is 31.7 Å². The van der Waals surface area contributed by atoms with Gasteiger partial charge in [-0.05, 0) is 43.4 Å². The van der Waals surface area contributed by atoms with Crippen LogP contribution in [0.25, 0.3) is 0 Å². The number of amides is 1. The Morgan fingerprint density at radius 2 is 2.12 bits per heavy atom. The van der Waals surface area contributed by atoms with E-state index in [-0.39, 0.29) is 30.6 Å². The highest BCUT2D eigenvalue weighted by Crippen LogP contribution is 2.30. The van der Waals surface area contributed by atoms with Crippen molar-refractivity contribution < 1.29 is 19.4 Å². The summed E-state index contributed by atoms with van der Waals surface area (Å²) in [6, 6.07) is 7.93. The highest BCUT2D eigenvalue weighted by atomic mass is 16.5. The smallest absolute Gasteiger partial charge is 0.260 e. The van der Waals surface area contributed by atoms with E-state index in [1.807, 2.05) is 29.2 Å². The van der Waals surface area contributed by atoms with Gasteiger partial charge in [0.2, 0.25) is 0 Å². The molecule has 1 aromatic rings. The largest absolute Gasteiger partial charge is 0.484 e. The highest BCUT2D eigenvalue weighted by Gasteiger charge is 2.39. The molecular formula is C19H27NO4. The summed E-state index contributed by atoms with van der Waals surface area (Å²) in [5.41, 5.74) is 1.25. The van der Waals surface area contributed by atoms with Crippen LogP contribution in [0.15, 0.2) is 24.3 Å². The van der Waals surface area contributed by atoms with Gasteiger partial charge in [0.15, 0.2) is 6.61 Å². The molecule has 0 aromatic heterocycles. The fourth-order valence-electron chi connectivity index (χ4n) is 3.71. The molecule has 3 rings (SSSR count). The molecule has 0 bridgehead atoms. The second-order valence-corrected chi connectivity index (χ2v) is 6.68. The maximum atomic E-state index is 12.6. The van der Waals surface area contributed by atoms with Crippen LogP contribution in [0.2, 0.25) is 0 Å². The van der Waals surface area contributed by atoms with Crippen molar-refractivity contribution in [1.82, 2.24) is 4.90 Å². The molecule has 132 valence electrons. The number of hydrogen-bond donors (Lipinski definition) is 1. The summed E-state index contributed by atoms with van der Waals surface area (Å²) >= 11 is 0. The predicted octanol–water partition coefficient (Wildman–Crippen LogP) is 2.02. The summed E-state index contributed by atoms with van der Waals surface area (Å²) in [5, 5.41) is 10.2. The number of nitrogens with zero attached hydrogens (tertiary/aromatic N) is 1. The Labute approximate surface area is 143 Å². The van der Waals surface area contributed by atoms with Crippen LogP contribution in [-0.4, -0.2) is 54.4 Å². The van der Waals surface area contributed by atoms with E-state index in [2.05, 4.69) is 6.92 Å². The van der Waals surface area contributed by atoms with Crippen LogP contribution in [0, 0.1) is 5.92 Å². The average molecular weight is 333 g/mol. The molecule has 0 saturated carbocycles. The molecule has 3 unspecified atom stereocenters. The van der Waals surface area contributed by atoms with Gasteiger partial charge in [0, 0.05) is 25.1 Å². The average Bonchev–Trinajstić information content (AvgIpc) is 3.10. The van der Waals surface area contributed by atoms with Gasteiger partial charge in [-0.25, -0.2) is 0 Å². The maximum absolute atomic E-state index is 12.6. The molecule has 2 heterocycles. The van der Waals surface area contributed by atoms with Gasteiger partial charge < -0.3 is 19.5 Å². The third kappa shape index (κ3) is 3.90. The van der Waals surface area contributed by atoms with E-state index in [0.717, 1.165) is 31.6 Å². The normalized spacial score (nSPS) is 27.2. The number of aliphatic hydroxyl groups is 1. The van der Waals surface area contributed by atoms with Crippen LogP contribution >= 0.6 is 0 Å². The van der Waals surface area contributed by atoms with Crippen molar-refractivity contribution in [3.63, 3.8) is 0 Å². The zero-order chi connectivity index (χ0) is 16.9. The van der Waals surface area contributed by atoms with Crippen molar-refractivity contribution in [2.24, 2.45) is 5.92 Å². The minimum Gasteiger partial charge on any atom is -0.484 e. The SMILES string of the molecule is CCc1ccc(OCC(=O)N2CCCC2C2COCCC2O)cc1. The predicted molar refractivity (Wildman–Crippen MR) is 91.0 cm³/mol. The molecule has 1 amide bonds. The maximum Gasteiger partial charge on any atom is 0.260 e. The Morgan fingerprint density at radius 1 is 1.33 bits per heavy atom. The van der Waals surface area contributed by atoms with E-state index in [1.54, 1.807) is 0 Å². The minimum absolute atomic E-state index is 0.00478. The van der Waals surface area contributed by atoms with Gasteiger partial charge in [-0.1, -0.05) is 19.1 Å². The molecule has 5 nitrogen and oxygen atoms in total. The fraction of sp³-hybridized carbons (Fsp3) is 0.632. The molecule has 0 aliphatic carbocycles. The van der Waals surface area contributed by atoms with Crippen LogP contribution in [0.3, 0.4) is 0 Å². The van der Waals surface area contributed by atoms with Crippen LogP contribution < -0.4 is 4.74 Å². The van der Waals surface area contributed by atoms with Crippen molar-refractivity contribution in [2.75, 3.05) is 26.4 Å². The second-order valence-electron chi connectivity index (χ2n) is 6.68. The molecular weight excluding hydrogens is 306 g/mol. The van der Waals surface area contributed by atoms with Gasteiger partial charge in [-0.3, -0.25) is 4.79 Å². The number of rotatable bonds is 5. The number of benzene rings is 1. The Balaban J connectivity index is 1.56. The van der Waals surface area contributed by atoms with Crippen molar-refractivity contribution in [2.45, 2.75) is 44.8 Å². The van der Waals surface area contributed by atoms with Gasteiger partial charge in [0.1, 0.15) is 5.75 Å². The van der Waals surface area contributed by atoms with Gasteiger partial charge in [-0.15, -0.1) is 0 Å². The van der Waals surface area contributed by atoms with Gasteiger partial charge in [0.25, 0.3) is 5.91 Å². The first-order chi connectivity index (χ1) is 11.7. The molecule has 1 aromatic carbocycles. The molecule has 3 atom stereocenters. The summed E-state index contributed by atoms with van der Waals surface area (Å²) in [7, 11) is 0. The number of ether oxygens (including phenoxy) is 2. The molecule has 2 fully saturated rings. The zero-order valence-electron chi connectivity index (χ0n) is 14.3.